The van der Waals surface area contributed by atoms with Gasteiger partial charge in [-0.25, -0.2) is 0 Å². The highest BCUT2D eigenvalue weighted by Gasteiger charge is 2.18. The van der Waals surface area contributed by atoms with Gasteiger partial charge in [-0.05, 0) is 12.5 Å². The van der Waals surface area contributed by atoms with Crippen molar-refractivity contribution >= 4 is 16.9 Å². The number of aliphatic hydroxyl groups excluding tert-OH is 2. The molecular formula is C12H16O3S. The van der Waals surface area contributed by atoms with Gasteiger partial charge in [0.25, 0.3) is 0 Å². The Labute approximate surface area is 99.5 Å². The lowest BCUT2D eigenvalue weighted by molar-refractivity contribution is -0.109. The fourth-order valence-electron chi connectivity index (χ4n) is 1.37. The third-order valence-corrected chi connectivity index (χ3v) is 3.12. The van der Waals surface area contributed by atoms with E-state index in [2.05, 4.69) is 0 Å². The van der Waals surface area contributed by atoms with Crippen LogP contribution < -0.4 is 0 Å². The van der Waals surface area contributed by atoms with Crippen LogP contribution in [0.25, 0.3) is 0 Å². The molecule has 0 bridgehead atoms. The maximum absolute atomic E-state index is 10.7. The summed E-state index contributed by atoms with van der Waals surface area (Å²) >= 11 is 1.02. The summed E-state index contributed by atoms with van der Waals surface area (Å²) in [5.41, 5.74) is 1.71. The highest BCUT2D eigenvalue weighted by Crippen LogP contribution is 2.20. The molecule has 1 aromatic carbocycles. The average Bonchev–Trinajstić information content (AvgIpc) is 2.24. The lowest BCUT2D eigenvalue weighted by Gasteiger charge is -2.17. The highest BCUT2D eigenvalue weighted by atomic mass is 32.2. The van der Waals surface area contributed by atoms with Crippen LogP contribution in [-0.2, 0) is 4.79 Å². The van der Waals surface area contributed by atoms with E-state index in [1.165, 1.54) is 6.92 Å². The minimum atomic E-state index is -0.938. The van der Waals surface area contributed by atoms with Crippen LogP contribution in [0.4, 0.5) is 0 Å². The Morgan fingerprint density at radius 3 is 2.69 bits per heavy atom. The SMILES string of the molecule is CC(=O)SCC(O)C(O)c1cccc(C)c1. The van der Waals surface area contributed by atoms with E-state index < -0.39 is 12.2 Å². The summed E-state index contributed by atoms with van der Waals surface area (Å²) < 4.78 is 0. The Hall–Kier alpha value is -0.840. The molecule has 0 amide bonds. The molecule has 1 aromatic rings. The van der Waals surface area contributed by atoms with Crippen LogP contribution in [0.2, 0.25) is 0 Å². The Morgan fingerprint density at radius 1 is 1.44 bits per heavy atom. The molecule has 0 aromatic heterocycles. The first-order valence-electron chi connectivity index (χ1n) is 5.06. The third kappa shape index (κ3) is 3.96. The minimum absolute atomic E-state index is 0.0597. The summed E-state index contributed by atoms with van der Waals surface area (Å²) in [6.07, 6.45) is -1.86. The summed E-state index contributed by atoms with van der Waals surface area (Å²) in [5, 5.41) is 19.5. The van der Waals surface area contributed by atoms with Crippen molar-refractivity contribution < 1.29 is 15.0 Å². The predicted octanol–water partition coefficient (Wildman–Crippen LogP) is 1.67. The van der Waals surface area contributed by atoms with E-state index in [4.69, 9.17) is 0 Å². The Balaban J connectivity index is 2.62. The number of carbonyl (C=O) groups excluding carboxylic acids is 1. The molecule has 0 heterocycles. The number of thioether (sulfide) groups is 1. The molecule has 16 heavy (non-hydrogen) atoms. The van der Waals surface area contributed by atoms with Gasteiger partial charge in [0.15, 0.2) is 5.12 Å². The maximum atomic E-state index is 10.7. The zero-order chi connectivity index (χ0) is 12.1. The molecule has 1 rings (SSSR count). The molecule has 0 saturated heterocycles. The van der Waals surface area contributed by atoms with Crippen LogP contribution >= 0.6 is 11.8 Å². The fraction of sp³-hybridized carbons (Fsp3) is 0.417. The van der Waals surface area contributed by atoms with Crippen molar-refractivity contribution in [2.45, 2.75) is 26.1 Å². The van der Waals surface area contributed by atoms with Crippen molar-refractivity contribution in [2.24, 2.45) is 0 Å². The van der Waals surface area contributed by atoms with Crippen molar-refractivity contribution in [2.75, 3.05) is 5.75 Å². The second-order valence-electron chi connectivity index (χ2n) is 3.73. The molecule has 3 nitrogen and oxygen atoms in total. The van der Waals surface area contributed by atoms with Gasteiger partial charge in [-0.2, -0.15) is 0 Å². The first-order chi connectivity index (χ1) is 7.50. The highest BCUT2D eigenvalue weighted by molar-refractivity contribution is 8.13. The monoisotopic (exact) mass is 240 g/mol. The topological polar surface area (TPSA) is 57.5 Å². The van der Waals surface area contributed by atoms with E-state index in [0.29, 0.717) is 5.56 Å². The van der Waals surface area contributed by atoms with E-state index >= 15 is 0 Å². The number of rotatable bonds is 4. The summed E-state index contributed by atoms with van der Waals surface area (Å²) in [7, 11) is 0. The fourth-order valence-corrected chi connectivity index (χ4v) is 1.96. The number of aliphatic hydroxyl groups is 2. The van der Waals surface area contributed by atoms with Gasteiger partial charge in [0.1, 0.15) is 6.10 Å². The van der Waals surface area contributed by atoms with Crippen LogP contribution in [0.5, 0.6) is 0 Å². The molecule has 0 aliphatic carbocycles. The van der Waals surface area contributed by atoms with Crippen molar-refractivity contribution in [3.8, 4) is 0 Å². The summed E-state index contributed by atoms with van der Waals surface area (Å²) in [5.74, 6) is 0.213. The van der Waals surface area contributed by atoms with Gasteiger partial charge in [-0.1, -0.05) is 41.6 Å². The molecule has 2 N–H and O–H groups in total. The lowest BCUT2D eigenvalue weighted by atomic mass is 10.0. The number of hydrogen-bond donors (Lipinski definition) is 2. The standard InChI is InChI=1S/C12H16O3S/c1-8-4-3-5-10(6-8)12(15)11(14)7-16-9(2)13/h3-6,11-12,14-15H,7H2,1-2H3. The van der Waals surface area contributed by atoms with Crippen LogP contribution in [-0.4, -0.2) is 27.2 Å². The number of benzene rings is 1. The first kappa shape index (κ1) is 13.2. The van der Waals surface area contributed by atoms with Crippen molar-refractivity contribution in [3.05, 3.63) is 35.4 Å². The van der Waals surface area contributed by atoms with Crippen LogP contribution in [0.15, 0.2) is 24.3 Å². The summed E-state index contributed by atoms with van der Waals surface area (Å²) in [6.45, 7) is 3.36. The molecule has 4 heteroatoms. The van der Waals surface area contributed by atoms with E-state index in [1.54, 1.807) is 6.07 Å². The smallest absolute Gasteiger partial charge is 0.185 e. The number of carbonyl (C=O) groups is 1. The lowest BCUT2D eigenvalue weighted by Crippen LogP contribution is -2.21. The van der Waals surface area contributed by atoms with Crippen molar-refractivity contribution in [3.63, 3.8) is 0 Å². The minimum Gasteiger partial charge on any atom is -0.389 e. The van der Waals surface area contributed by atoms with E-state index in [9.17, 15) is 15.0 Å². The molecule has 88 valence electrons. The zero-order valence-electron chi connectivity index (χ0n) is 9.38. The molecule has 0 saturated carbocycles. The van der Waals surface area contributed by atoms with Gasteiger partial charge in [-0.15, -0.1) is 0 Å². The molecule has 2 atom stereocenters. The molecular weight excluding hydrogens is 224 g/mol. The first-order valence-corrected chi connectivity index (χ1v) is 6.05. The van der Waals surface area contributed by atoms with Gasteiger partial charge in [0.05, 0.1) is 6.10 Å². The van der Waals surface area contributed by atoms with Crippen LogP contribution in [0.3, 0.4) is 0 Å². The average molecular weight is 240 g/mol. The van der Waals surface area contributed by atoms with Gasteiger partial charge in [-0.3, -0.25) is 4.79 Å². The second-order valence-corrected chi connectivity index (χ2v) is 4.93. The summed E-state index contributed by atoms with van der Waals surface area (Å²) in [4.78, 5) is 10.7. The molecule has 0 spiro atoms. The third-order valence-electron chi connectivity index (χ3n) is 2.21. The molecule has 0 radical (unpaired) electrons. The van der Waals surface area contributed by atoms with Gasteiger partial charge in [0, 0.05) is 12.7 Å². The summed E-state index contributed by atoms with van der Waals surface area (Å²) in [6, 6.07) is 7.34. The van der Waals surface area contributed by atoms with Gasteiger partial charge in [0.2, 0.25) is 0 Å². The van der Waals surface area contributed by atoms with Gasteiger partial charge < -0.3 is 10.2 Å². The molecule has 0 aliphatic rings. The zero-order valence-corrected chi connectivity index (χ0v) is 10.2. The van der Waals surface area contributed by atoms with E-state index in [1.807, 2.05) is 25.1 Å². The second kappa shape index (κ2) is 6.03. The molecule has 0 aliphatic heterocycles. The Morgan fingerprint density at radius 2 is 2.12 bits per heavy atom. The number of aryl methyl sites for hydroxylation is 1. The molecule has 2 unspecified atom stereocenters. The van der Waals surface area contributed by atoms with E-state index in [-0.39, 0.29) is 10.9 Å². The van der Waals surface area contributed by atoms with Crippen molar-refractivity contribution in [1.29, 1.82) is 0 Å². The maximum Gasteiger partial charge on any atom is 0.185 e. The normalized spacial score (nSPS) is 14.5. The largest absolute Gasteiger partial charge is 0.389 e. The Bertz CT molecular complexity index is 365. The van der Waals surface area contributed by atoms with Crippen LogP contribution in [0, 0.1) is 6.92 Å². The molecule has 0 fully saturated rings. The van der Waals surface area contributed by atoms with E-state index in [0.717, 1.165) is 17.3 Å². The number of hydrogen-bond acceptors (Lipinski definition) is 4. The van der Waals surface area contributed by atoms with Gasteiger partial charge >= 0.3 is 0 Å². The quantitative estimate of drug-likeness (QED) is 0.840. The van der Waals surface area contributed by atoms with Crippen molar-refractivity contribution in [1.82, 2.24) is 0 Å². The van der Waals surface area contributed by atoms with Crippen LogP contribution in [0.1, 0.15) is 24.2 Å². The Kier molecular flexibility index (Phi) is 4.99. The predicted molar refractivity (Wildman–Crippen MR) is 65.3 cm³/mol.